The average Bonchev–Trinajstić information content (AvgIpc) is 2.50. The third kappa shape index (κ3) is 5.68. The molecule has 23 heavy (non-hydrogen) atoms. The van der Waals surface area contributed by atoms with E-state index in [0.29, 0.717) is 36.1 Å². The van der Waals surface area contributed by atoms with E-state index in [9.17, 15) is 4.79 Å². The number of rotatable bonds is 9. The molecular weight excluding hydrogens is 318 g/mol. The molecule has 5 nitrogen and oxygen atoms in total. The molecule has 1 amide bonds. The molecule has 1 N–H and O–H groups in total. The summed E-state index contributed by atoms with van der Waals surface area (Å²) in [6, 6.07) is 5.14. The summed E-state index contributed by atoms with van der Waals surface area (Å²) in [5, 5.41) is 3.27. The van der Waals surface area contributed by atoms with E-state index in [1.54, 1.807) is 32.2 Å². The molecule has 6 heteroatoms. The lowest BCUT2D eigenvalue weighted by Gasteiger charge is -2.26. The Bertz CT molecular complexity index is 523. The minimum absolute atomic E-state index is 0.112. The number of hydrogen-bond acceptors (Lipinski definition) is 4. The van der Waals surface area contributed by atoms with Gasteiger partial charge in [-0.1, -0.05) is 18.5 Å². The summed E-state index contributed by atoms with van der Waals surface area (Å²) in [6.07, 6.45) is 0.468. The Morgan fingerprint density at radius 1 is 1.39 bits per heavy atom. The lowest BCUT2D eigenvalue weighted by atomic mass is 10.0. The molecule has 1 aromatic carbocycles. The number of carbonyl (C=O) groups is 1. The monoisotopic (exact) mass is 343 g/mol. The van der Waals surface area contributed by atoms with Gasteiger partial charge in [0.15, 0.2) is 0 Å². The first kappa shape index (κ1) is 19.7. The summed E-state index contributed by atoms with van der Waals surface area (Å²) in [6.45, 7) is 8.39. The Labute approximate surface area is 143 Å². The van der Waals surface area contributed by atoms with Crippen LogP contribution in [0.5, 0.6) is 5.75 Å². The van der Waals surface area contributed by atoms with Crippen LogP contribution >= 0.6 is 11.6 Å². The van der Waals surface area contributed by atoms with Gasteiger partial charge in [0.25, 0.3) is 5.91 Å². The molecule has 1 rings (SSSR count). The molecule has 0 heterocycles. The van der Waals surface area contributed by atoms with Crippen molar-refractivity contribution in [2.75, 3.05) is 25.6 Å². The van der Waals surface area contributed by atoms with Gasteiger partial charge in [0.2, 0.25) is 0 Å². The molecule has 0 aliphatic rings. The number of anilines is 1. The Balaban J connectivity index is 2.79. The third-order valence-corrected chi connectivity index (χ3v) is 3.83. The van der Waals surface area contributed by atoms with E-state index in [2.05, 4.69) is 5.32 Å². The maximum Gasteiger partial charge on any atom is 0.256 e. The minimum atomic E-state index is -0.858. The first-order valence-electron chi connectivity index (χ1n) is 7.76. The molecule has 0 radical (unpaired) electrons. The lowest BCUT2D eigenvalue weighted by molar-refractivity contribution is -0.139. The van der Waals surface area contributed by atoms with Gasteiger partial charge in [-0.05, 0) is 45.4 Å². The highest BCUT2D eigenvalue weighted by atomic mass is 35.5. The molecule has 0 aliphatic heterocycles. The van der Waals surface area contributed by atoms with Crippen LogP contribution in [0.25, 0.3) is 0 Å². The van der Waals surface area contributed by atoms with Crippen molar-refractivity contribution in [3.8, 4) is 5.75 Å². The van der Waals surface area contributed by atoms with Gasteiger partial charge in [-0.3, -0.25) is 4.79 Å². The molecule has 0 saturated heterocycles. The van der Waals surface area contributed by atoms with Gasteiger partial charge < -0.3 is 19.5 Å². The molecule has 0 bridgehead atoms. The van der Waals surface area contributed by atoms with Crippen LogP contribution in [-0.4, -0.2) is 37.9 Å². The van der Waals surface area contributed by atoms with Crippen LogP contribution in [0, 0.1) is 0 Å². The standard InChI is InChI=1S/C17H26ClNO4/c1-6-17(4,22-7-2)16(20)19-13-8-9-15(14(18)10-13)23-12(3)11-21-5/h8-10,12H,6-7,11H2,1-5H3,(H,19,20)/t12-,17+/m1/s1. The van der Waals surface area contributed by atoms with Gasteiger partial charge in [-0.2, -0.15) is 0 Å². The van der Waals surface area contributed by atoms with Crippen LogP contribution in [-0.2, 0) is 14.3 Å². The number of amides is 1. The van der Waals surface area contributed by atoms with E-state index in [-0.39, 0.29) is 12.0 Å². The summed E-state index contributed by atoms with van der Waals surface area (Å²) in [4.78, 5) is 12.4. The van der Waals surface area contributed by atoms with Crippen molar-refractivity contribution < 1.29 is 19.0 Å². The number of ether oxygens (including phenoxy) is 3. The number of benzene rings is 1. The highest BCUT2D eigenvalue weighted by Gasteiger charge is 2.31. The summed E-state index contributed by atoms with van der Waals surface area (Å²) in [5.41, 5.74) is -0.255. The van der Waals surface area contributed by atoms with E-state index < -0.39 is 5.60 Å². The zero-order valence-corrected chi connectivity index (χ0v) is 15.2. The van der Waals surface area contributed by atoms with E-state index in [1.165, 1.54) is 0 Å². The molecule has 0 aromatic heterocycles. The summed E-state index contributed by atoms with van der Waals surface area (Å²) in [5.74, 6) is 0.358. The fourth-order valence-electron chi connectivity index (χ4n) is 2.07. The maximum absolute atomic E-state index is 12.4. The average molecular weight is 344 g/mol. The first-order valence-corrected chi connectivity index (χ1v) is 8.14. The molecule has 0 fully saturated rings. The van der Waals surface area contributed by atoms with Crippen molar-refractivity contribution in [1.29, 1.82) is 0 Å². The Kier molecular flexibility index (Phi) is 7.82. The molecule has 0 saturated carbocycles. The third-order valence-electron chi connectivity index (χ3n) is 3.54. The number of halogens is 1. The van der Waals surface area contributed by atoms with E-state index in [0.717, 1.165) is 0 Å². The quantitative estimate of drug-likeness (QED) is 0.738. The zero-order valence-electron chi connectivity index (χ0n) is 14.4. The first-order chi connectivity index (χ1) is 10.9. The summed E-state index contributed by atoms with van der Waals surface area (Å²) >= 11 is 6.22. The molecular formula is C17H26ClNO4. The Hall–Kier alpha value is -1.30. The normalized spacial score (nSPS) is 14.9. The molecule has 130 valence electrons. The van der Waals surface area contributed by atoms with Crippen molar-refractivity contribution in [3.63, 3.8) is 0 Å². The number of carbonyl (C=O) groups excluding carboxylic acids is 1. The molecule has 1 aromatic rings. The Morgan fingerprint density at radius 3 is 2.61 bits per heavy atom. The van der Waals surface area contributed by atoms with E-state index in [4.69, 9.17) is 25.8 Å². The summed E-state index contributed by atoms with van der Waals surface area (Å²) < 4.78 is 16.3. The van der Waals surface area contributed by atoms with Crippen LogP contribution in [0.1, 0.15) is 34.1 Å². The highest BCUT2D eigenvalue weighted by Crippen LogP contribution is 2.29. The van der Waals surface area contributed by atoms with E-state index >= 15 is 0 Å². The zero-order chi connectivity index (χ0) is 17.5. The number of hydrogen-bond donors (Lipinski definition) is 1. The van der Waals surface area contributed by atoms with Crippen LogP contribution in [0.15, 0.2) is 18.2 Å². The van der Waals surface area contributed by atoms with Gasteiger partial charge in [0, 0.05) is 19.4 Å². The van der Waals surface area contributed by atoms with Crippen molar-refractivity contribution in [2.45, 2.75) is 45.8 Å². The predicted octanol–water partition coefficient (Wildman–Crippen LogP) is 3.90. The van der Waals surface area contributed by atoms with Crippen LogP contribution in [0.3, 0.4) is 0 Å². The number of nitrogens with one attached hydrogen (secondary N) is 1. The fraction of sp³-hybridized carbons (Fsp3) is 0.588. The minimum Gasteiger partial charge on any atom is -0.487 e. The van der Waals surface area contributed by atoms with Gasteiger partial charge >= 0.3 is 0 Å². The topological polar surface area (TPSA) is 56.8 Å². The van der Waals surface area contributed by atoms with Gasteiger partial charge in [-0.15, -0.1) is 0 Å². The van der Waals surface area contributed by atoms with Crippen LogP contribution < -0.4 is 10.1 Å². The highest BCUT2D eigenvalue weighted by molar-refractivity contribution is 6.32. The second-order valence-corrected chi connectivity index (χ2v) is 5.91. The van der Waals surface area contributed by atoms with Crippen molar-refractivity contribution >= 4 is 23.2 Å². The SMILES string of the molecule is CCO[C@@](C)(CC)C(=O)Nc1ccc(O[C@H](C)COC)c(Cl)c1. The van der Waals surface area contributed by atoms with Crippen molar-refractivity contribution in [1.82, 2.24) is 0 Å². The van der Waals surface area contributed by atoms with Crippen LogP contribution in [0.2, 0.25) is 5.02 Å². The van der Waals surface area contributed by atoms with Gasteiger partial charge in [-0.25, -0.2) is 0 Å². The van der Waals surface area contributed by atoms with Crippen LogP contribution in [0.4, 0.5) is 5.69 Å². The number of methoxy groups -OCH3 is 1. The van der Waals surface area contributed by atoms with Crippen molar-refractivity contribution in [2.24, 2.45) is 0 Å². The second-order valence-electron chi connectivity index (χ2n) is 5.50. The molecule has 0 aliphatic carbocycles. The fourth-order valence-corrected chi connectivity index (χ4v) is 2.29. The van der Waals surface area contributed by atoms with Gasteiger partial charge in [0.05, 0.1) is 11.6 Å². The molecule has 0 unspecified atom stereocenters. The smallest absolute Gasteiger partial charge is 0.256 e. The molecule has 2 atom stereocenters. The largest absolute Gasteiger partial charge is 0.487 e. The predicted molar refractivity (Wildman–Crippen MR) is 92.4 cm³/mol. The Morgan fingerprint density at radius 2 is 2.09 bits per heavy atom. The van der Waals surface area contributed by atoms with Gasteiger partial charge in [0.1, 0.15) is 17.5 Å². The molecule has 0 spiro atoms. The van der Waals surface area contributed by atoms with E-state index in [1.807, 2.05) is 20.8 Å². The summed E-state index contributed by atoms with van der Waals surface area (Å²) in [7, 11) is 1.61. The van der Waals surface area contributed by atoms with Crippen molar-refractivity contribution in [3.05, 3.63) is 23.2 Å². The second kappa shape index (κ2) is 9.11. The lowest BCUT2D eigenvalue weighted by Crippen LogP contribution is -2.42. The maximum atomic E-state index is 12.4.